The Balaban J connectivity index is 1.60. The third-order valence-electron chi connectivity index (χ3n) is 7.67. The van der Waals surface area contributed by atoms with Crippen molar-refractivity contribution < 1.29 is 18.0 Å². The number of aryl methyl sites for hydroxylation is 1. The molecule has 6 nitrogen and oxygen atoms in total. The average Bonchev–Trinajstić information content (AvgIpc) is 3.15. The van der Waals surface area contributed by atoms with Crippen molar-refractivity contribution >= 4 is 16.8 Å². The first-order valence-corrected chi connectivity index (χ1v) is 12.9. The molecular weight excluding hydrogens is 481 g/mol. The Morgan fingerprint density at radius 2 is 1.89 bits per heavy atom. The summed E-state index contributed by atoms with van der Waals surface area (Å²) in [6.45, 7) is 7.44. The first kappa shape index (κ1) is 27.0. The number of carbonyl (C=O) groups is 1. The van der Waals surface area contributed by atoms with Crippen LogP contribution in [0.15, 0.2) is 35.1 Å². The van der Waals surface area contributed by atoms with Crippen molar-refractivity contribution in [2.45, 2.75) is 59.0 Å². The van der Waals surface area contributed by atoms with Gasteiger partial charge in [0.2, 0.25) is 6.43 Å². The molecule has 3 heterocycles. The Labute approximate surface area is 214 Å². The van der Waals surface area contributed by atoms with Gasteiger partial charge in [0.05, 0.1) is 5.56 Å². The molecule has 1 saturated heterocycles. The molecule has 0 spiro atoms. The van der Waals surface area contributed by atoms with E-state index >= 15 is 0 Å². The molecule has 2 aromatic heterocycles. The molecule has 1 amide bonds. The number of benzene rings is 1. The number of pyridine rings is 1. The van der Waals surface area contributed by atoms with Gasteiger partial charge < -0.3 is 19.8 Å². The molecule has 0 aliphatic carbocycles. The summed E-state index contributed by atoms with van der Waals surface area (Å²) in [5, 5.41) is 3.62. The summed E-state index contributed by atoms with van der Waals surface area (Å²) >= 11 is 0. The number of halogens is 3. The zero-order valence-electron chi connectivity index (χ0n) is 21.6. The van der Waals surface area contributed by atoms with Crippen LogP contribution in [0.4, 0.5) is 13.2 Å². The summed E-state index contributed by atoms with van der Waals surface area (Å²) in [6, 6.07) is 9.40. The van der Waals surface area contributed by atoms with Crippen molar-refractivity contribution in [3.8, 4) is 0 Å². The number of aromatic nitrogens is 2. The number of fused-ring (bicyclic) bond motifs is 1. The second-order valence-corrected chi connectivity index (χ2v) is 10.0. The minimum Gasteiger partial charge on any atom is -0.348 e. The maximum atomic E-state index is 13.5. The van der Waals surface area contributed by atoms with Crippen LogP contribution in [0.3, 0.4) is 0 Å². The van der Waals surface area contributed by atoms with Gasteiger partial charge in [-0.3, -0.25) is 9.59 Å². The summed E-state index contributed by atoms with van der Waals surface area (Å²) in [5.41, 5.74) is 2.72. The number of hydrogen-bond acceptors (Lipinski definition) is 3. The van der Waals surface area contributed by atoms with E-state index in [4.69, 9.17) is 0 Å². The second-order valence-electron chi connectivity index (χ2n) is 10.0. The SMILES string of the molecule is Cc1cc(CC(F)F)c(CNC(=O)c2c(C)n(C(C)C3CCN(CCF)CC3)c3ccccc23)c(=O)[nH]1. The van der Waals surface area contributed by atoms with E-state index in [0.29, 0.717) is 23.7 Å². The number of alkyl halides is 3. The third kappa shape index (κ3) is 5.76. The Hall–Kier alpha value is -3.07. The molecule has 1 aromatic carbocycles. The molecule has 0 bridgehead atoms. The Morgan fingerprint density at radius 1 is 1.19 bits per heavy atom. The van der Waals surface area contributed by atoms with Crippen LogP contribution in [-0.2, 0) is 13.0 Å². The number of para-hydroxylation sites is 1. The van der Waals surface area contributed by atoms with Crippen LogP contribution in [0.1, 0.15) is 58.7 Å². The maximum absolute atomic E-state index is 13.5. The number of nitrogens with one attached hydrogen (secondary N) is 2. The standard InChI is InChI=1S/C28H35F3N4O2/c1-17-14-21(15-25(30)31)23(27(36)33-17)16-32-28(37)26-19(3)35(24-7-5-4-6-22(24)26)18(2)20-8-11-34(12-9-20)13-10-29/h4-7,14,18,20,25H,8-13,15-16H2,1-3H3,(H,32,37)(H,33,36). The molecule has 0 saturated carbocycles. The van der Waals surface area contributed by atoms with Crippen molar-refractivity contribution in [1.82, 2.24) is 19.8 Å². The van der Waals surface area contributed by atoms with E-state index < -0.39 is 18.4 Å². The van der Waals surface area contributed by atoms with E-state index in [-0.39, 0.29) is 36.3 Å². The van der Waals surface area contributed by atoms with Gasteiger partial charge in [-0.05, 0) is 70.3 Å². The smallest absolute Gasteiger partial charge is 0.254 e. The zero-order chi connectivity index (χ0) is 26.7. The van der Waals surface area contributed by atoms with Crippen LogP contribution in [0.5, 0.6) is 0 Å². The predicted octanol–water partition coefficient (Wildman–Crippen LogP) is 4.93. The van der Waals surface area contributed by atoms with Crippen LogP contribution in [0.2, 0.25) is 0 Å². The minimum absolute atomic E-state index is 0.136. The van der Waals surface area contributed by atoms with Crippen LogP contribution in [-0.4, -0.2) is 53.1 Å². The molecular formula is C28H35F3N4O2. The lowest BCUT2D eigenvalue weighted by molar-refractivity contribution is 0.0951. The minimum atomic E-state index is -2.60. The summed E-state index contributed by atoms with van der Waals surface area (Å²) in [7, 11) is 0. The fourth-order valence-electron chi connectivity index (χ4n) is 5.78. The molecule has 200 valence electrons. The molecule has 1 aliphatic rings. The summed E-state index contributed by atoms with van der Waals surface area (Å²) in [4.78, 5) is 30.8. The third-order valence-corrected chi connectivity index (χ3v) is 7.67. The monoisotopic (exact) mass is 516 g/mol. The highest BCUT2D eigenvalue weighted by molar-refractivity contribution is 6.08. The number of hydrogen-bond donors (Lipinski definition) is 2. The van der Waals surface area contributed by atoms with Gasteiger partial charge >= 0.3 is 0 Å². The number of rotatable bonds is 9. The number of carbonyl (C=O) groups excluding carboxylic acids is 1. The van der Waals surface area contributed by atoms with E-state index in [2.05, 4.69) is 26.7 Å². The lowest BCUT2D eigenvalue weighted by Crippen LogP contribution is -2.37. The first-order chi connectivity index (χ1) is 17.7. The number of likely N-dealkylation sites (tertiary alicyclic amines) is 1. The van der Waals surface area contributed by atoms with Crippen LogP contribution >= 0.6 is 0 Å². The van der Waals surface area contributed by atoms with E-state index in [1.807, 2.05) is 31.2 Å². The molecule has 37 heavy (non-hydrogen) atoms. The van der Waals surface area contributed by atoms with Crippen molar-refractivity contribution in [2.75, 3.05) is 26.3 Å². The second kappa shape index (κ2) is 11.5. The highest BCUT2D eigenvalue weighted by atomic mass is 19.3. The fourth-order valence-corrected chi connectivity index (χ4v) is 5.78. The average molecular weight is 517 g/mol. The molecule has 0 radical (unpaired) electrons. The van der Waals surface area contributed by atoms with Crippen LogP contribution in [0.25, 0.3) is 10.9 Å². The van der Waals surface area contributed by atoms with Gasteiger partial charge in [-0.15, -0.1) is 0 Å². The number of piperidine rings is 1. The largest absolute Gasteiger partial charge is 0.348 e. The van der Waals surface area contributed by atoms with Crippen molar-refractivity contribution in [1.29, 1.82) is 0 Å². The summed E-state index contributed by atoms with van der Waals surface area (Å²) < 4.78 is 41.2. The number of H-pyrrole nitrogens is 1. The lowest BCUT2D eigenvalue weighted by Gasteiger charge is -2.35. The highest BCUT2D eigenvalue weighted by Gasteiger charge is 2.29. The molecule has 1 aliphatic heterocycles. The summed E-state index contributed by atoms with van der Waals surface area (Å²) in [6.07, 6.45) is -1.23. The molecule has 1 unspecified atom stereocenters. The van der Waals surface area contributed by atoms with Gasteiger partial charge in [-0.25, -0.2) is 13.2 Å². The van der Waals surface area contributed by atoms with Crippen molar-refractivity contribution in [3.63, 3.8) is 0 Å². The number of nitrogens with zero attached hydrogens (tertiary/aromatic N) is 2. The van der Waals surface area contributed by atoms with Gasteiger partial charge in [-0.2, -0.15) is 0 Å². The number of aromatic amines is 1. The van der Waals surface area contributed by atoms with E-state index in [0.717, 1.165) is 42.5 Å². The fraction of sp³-hybridized carbons (Fsp3) is 0.500. The van der Waals surface area contributed by atoms with Gasteiger partial charge in [0.1, 0.15) is 6.67 Å². The molecule has 3 aromatic rings. The Kier molecular flexibility index (Phi) is 8.42. The molecule has 9 heteroatoms. The van der Waals surface area contributed by atoms with Gasteiger partial charge in [0.25, 0.3) is 11.5 Å². The summed E-state index contributed by atoms with van der Waals surface area (Å²) in [5.74, 6) is 0.0460. The van der Waals surface area contributed by atoms with E-state index in [1.165, 1.54) is 6.07 Å². The zero-order valence-corrected chi connectivity index (χ0v) is 21.6. The van der Waals surface area contributed by atoms with Crippen molar-refractivity contribution in [3.05, 3.63) is 68.8 Å². The maximum Gasteiger partial charge on any atom is 0.254 e. The predicted molar refractivity (Wildman–Crippen MR) is 139 cm³/mol. The molecule has 2 N–H and O–H groups in total. The molecule has 1 fully saturated rings. The molecule has 4 rings (SSSR count). The first-order valence-electron chi connectivity index (χ1n) is 12.9. The van der Waals surface area contributed by atoms with Crippen LogP contribution < -0.4 is 10.9 Å². The Bertz CT molecular complexity index is 1310. The Morgan fingerprint density at radius 3 is 2.57 bits per heavy atom. The highest BCUT2D eigenvalue weighted by Crippen LogP contribution is 2.35. The van der Waals surface area contributed by atoms with Crippen LogP contribution in [0, 0.1) is 19.8 Å². The normalized spacial score (nSPS) is 16.0. The quantitative estimate of drug-likeness (QED) is 0.424. The van der Waals surface area contributed by atoms with E-state index in [9.17, 15) is 22.8 Å². The van der Waals surface area contributed by atoms with Gasteiger partial charge in [-0.1, -0.05) is 18.2 Å². The molecule has 1 atom stereocenters. The van der Waals surface area contributed by atoms with E-state index in [1.54, 1.807) is 6.92 Å². The number of amides is 1. The lowest BCUT2D eigenvalue weighted by atomic mass is 9.90. The van der Waals surface area contributed by atoms with Gasteiger partial charge in [0, 0.05) is 53.4 Å². The van der Waals surface area contributed by atoms with Gasteiger partial charge in [0.15, 0.2) is 0 Å². The topological polar surface area (TPSA) is 70.1 Å². The van der Waals surface area contributed by atoms with Crippen molar-refractivity contribution in [2.24, 2.45) is 5.92 Å².